The lowest BCUT2D eigenvalue weighted by molar-refractivity contribution is 0.433. The Morgan fingerprint density at radius 1 is 1.17 bits per heavy atom. The Labute approximate surface area is 108 Å². The first kappa shape index (κ1) is 11.4. The zero-order valence-electron chi connectivity index (χ0n) is 11.4. The Morgan fingerprint density at radius 3 is 2.72 bits per heavy atom. The number of hydrogen-bond donors (Lipinski definition) is 0. The Kier molecular flexibility index (Phi) is 2.31. The van der Waals surface area contributed by atoms with Crippen molar-refractivity contribution in [2.45, 2.75) is 33.1 Å². The molecule has 0 aliphatic carbocycles. The molecule has 0 fully saturated rings. The van der Waals surface area contributed by atoms with Crippen LogP contribution in [0.1, 0.15) is 31.9 Å². The smallest absolute Gasteiger partial charge is 0.0963 e. The van der Waals surface area contributed by atoms with Gasteiger partial charge in [0.15, 0.2) is 0 Å². The Balaban J connectivity index is 2.40. The monoisotopic (exact) mass is 238 g/mol. The molecule has 2 nitrogen and oxygen atoms in total. The van der Waals surface area contributed by atoms with Gasteiger partial charge in [-0.25, -0.2) is 0 Å². The highest BCUT2D eigenvalue weighted by atomic mass is 14.8. The molecule has 0 N–H and O–H groups in total. The first-order chi connectivity index (χ1) is 8.51. The van der Waals surface area contributed by atoms with Gasteiger partial charge in [0.1, 0.15) is 0 Å². The fraction of sp³-hybridized carbons (Fsp3) is 0.375. The van der Waals surface area contributed by atoms with Crippen molar-refractivity contribution in [3.05, 3.63) is 35.5 Å². The number of pyridine rings is 1. The molecule has 0 radical (unpaired) electrons. The van der Waals surface area contributed by atoms with Gasteiger partial charge >= 0.3 is 0 Å². The van der Waals surface area contributed by atoms with E-state index in [0.717, 1.165) is 11.2 Å². The largest absolute Gasteiger partial charge is 0.258 e. The summed E-state index contributed by atoms with van der Waals surface area (Å²) < 4.78 is 0. The molecule has 0 saturated heterocycles. The minimum atomic E-state index is 0.122. The van der Waals surface area contributed by atoms with Crippen molar-refractivity contribution in [1.82, 2.24) is 4.98 Å². The van der Waals surface area contributed by atoms with Gasteiger partial charge in [0, 0.05) is 23.7 Å². The van der Waals surface area contributed by atoms with Gasteiger partial charge < -0.3 is 0 Å². The van der Waals surface area contributed by atoms with Gasteiger partial charge in [-0.2, -0.15) is 0 Å². The van der Waals surface area contributed by atoms with Crippen LogP contribution in [0.25, 0.3) is 10.9 Å². The summed E-state index contributed by atoms with van der Waals surface area (Å²) in [6.07, 6.45) is 3.93. The van der Waals surface area contributed by atoms with E-state index >= 15 is 0 Å². The minimum Gasteiger partial charge on any atom is -0.258 e. The van der Waals surface area contributed by atoms with E-state index in [-0.39, 0.29) is 5.41 Å². The highest BCUT2D eigenvalue weighted by Gasteiger charge is 2.33. The van der Waals surface area contributed by atoms with Crippen molar-refractivity contribution in [3.63, 3.8) is 0 Å². The molecule has 0 amide bonds. The van der Waals surface area contributed by atoms with E-state index in [4.69, 9.17) is 0 Å². The lowest BCUT2D eigenvalue weighted by atomic mass is 9.72. The van der Waals surface area contributed by atoms with E-state index in [1.54, 1.807) is 0 Å². The quantitative estimate of drug-likeness (QED) is 0.676. The number of fused-ring (bicyclic) bond motifs is 3. The molecule has 18 heavy (non-hydrogen) atoms. The standard InChI is InChI=1S/C16H18N2/c1-10-7-8-17-14-12(10)5-6-13-15(14)18-9-11(2)16(13,3)4/h5-9,11H,1-4H3. The van der Waals surface area contributed by atoms with Crippen molar-refractivity contribution < 1.29 is 0 Å². The lowest BCUT2D eigenvalue weighted by Gasteiger charge is -2.34. The normalized spacial score (nSPS) is 21.0. The molecular weight excluding hydrogens is 220 g/mol. The third kappa shape index (κ3) is 1.41. The maximum absolute atomic E-state index is 4.65. The average Bonchev–Trinajstić information content (AvgIpc) is 2.34. The highest BCUT2D eigenvalue weighted by Crippen LogP contribution is 2.43. The maximum Gasteiger partial charge on any atom is 0.0963 e. The summed E-state index contributed by atoms with van der Waals surface area (Å²) >= 11 is 0. The third-order valence-electron chi connectivity index (χ3n) is 4.36. The molecule has 1 aromatic carbocycles. The topological polar surface area (TPSA) is 25.2 Å². The lowest BCUT2D eigenvalue weighted by Crippen LogP contribution is -2.30. The van der Waals surface area contributed by atoms with E-state index in [2.05, 4.69) is 62.1 Å². The van der Waals surface area contributed by atoms with Crippen molar-refractivity contribution in [2.75, 3.05) is 0 Å². The van der Waals surface area contributed by atoms with Gasteiger partial charge in [-0.05, 0) is 29.5 Å². The molecule has 0 spiro atoms. The average molecular weight is 238 g/mol. The van der Waals surface area contributed by atoms with Gasteiger partial charge in [0.25, 0.3) is 0 Å². The van der Waals surface area contributed by atoms with Crippen LogP contribution in [0.2, 0.25) is 0 Å². The van der Waals surface area contributed by atoms with Gasteiger partial charge in [-0.3, -0.25) is 9.98 Å². The molecule has 2 heteroatoms. The fourth-order valence-corrected chi connectivity index (χ4v) is 2.61. The second-order valence-electron chi connectivity index (χ2n) is 5.77. The van der Waals surface area contributed by atoms with Crippen molar-refractivity contribution in [2.24, 2.45) is 10.9 Å². The molecule has 1 aromatic heterocycles. The second-order valence-corrected chi connectivity index (χ2v) is 5.77. The Bertz CT molecular complexity index is 653. The number of aromatic nitrogens is 1. The van der Waals surface area contributed by atoms with E-state index in [9.17, 15) is 0 Å². The SMILES string of the molecule is Cc1ccnc2c3c(ccc12)C(C)(C)C(C)C=N3. The summed E-state index contributed by atoms with van der Waals surface area (Å²) in [5, 5.41) is 1.21. The van der Waals surface area contributed by atoms with Crippen LogP contribution in [0.3, 0.4) is 0 Å². The number of rotatable bonds is 0. The summed E-state index contributed by atoms with van der Waals surface area (Å²) in [7, 11) is 0. The molecule has 92 valence electrons. The molecule has 2 heterocycles. The van der Waals surface area contributed by atoms with Crippen molar-refractivity contribution in [3.8, 4) is 0 Å². The van der Waals surface area contributed by atoms with Gasteiger partial charge in [0.05, 0.1) is 11.2 Å². The fourth-order valence-electron chi connectivity index (χ4n) is 2.61. The van der Waals surface area contributed by atoms with Crippen molar-refractivity contribution in [1.29, 1.82) is 0 Å². The Hall–Kier alpha value is -1.70. The molecular formula is C16H18N2. The Morgan fingerprint density at radius 2 is 1.94 bits per heavy atom. The number of aryl methyl sites for hydroxylation is 1. The van der Waals surface area contributed by atoms with Crippen LogP contribution in [0.15, 0.2) is 29.4 Å². The summed E-state index contributed by atoms with van der Waals surface area (Å²) in [6, 6.07) is 6.46. The second kappa shape index (κ2) is 3.64. The van der Waals surface area contributed by atoms with E-state index in [1.807, 2.05) is 6.20 Å². The zero-order chi connectivity index (χ0) is 12.9. The first-order valence-electron chi connectivity index (χ1n) is 6.45. The molecule has 1 atom stereocenters. The van der Waals surface area contributed by atoms with Crippen LogP contribution < -0.4 is 0 Å². The zero-order valence-corrected chi connectivity index (χ0v) is 11.4. The van der Waals surface area contributed by atoms with Gasteiger partial charge in [-0.15, -0.1) is 0 Å². The van der Waals surface area contributed by atoms with Crippen LogP contribution >= 0.6 is 0 Å². The van der Waals surface area contributed by atoms with Crippen LogP contribution in [0.4, 0.5) is 5.69 Å². The minimum absolute atomic E-state index is 0.122. The third-order valence-corrected chi connectivity index (χ3v) is 4.36. The first-order valence-corrected chi connectivity index (χ1v) is 6.45. The van der Waals surface area contributed by atoms with Gasteiger partial charge in [0.2, 0.25) is 0 Å². The van der Waals surface area contributed by atoms with Crippen LogP contribution in [-0.4, -0.2) is 11.2 Å². The predicted molar refractivity (Wildman–Crippen MR) is 76.8 cm³/mol. The van der Waals surface area contributed by atoms with Crippen LogP contribution in [0, 0.1) is 12.8 Å². The number of hydrogen-bond acceptors (Lipinski definition) is 2. The molecule has 2 aromatic rings. The number of aliphatic imine (C=N–C) groups is 1. The van der Waals surface area contributed by atoms with Crippen LogP contribution in [0.5, 0.6) is 0 Å². The number of nitrogens with zero attached hydrogens (tertiary/aromatic N) is 2. The summed E-state index contributed by atoms with van der Waals surface area (Å²) in [4.78, 5) is 9.18. The predicted octanol–water partition coefficient (Wildman–Crippen LogP) is 4.17. The summed E-state index contributed by atoms with van der Waals surface area (Å²) in [5.41, 5.74) is 4.78. The van der Waals surface area contributed by atoms with Gasteiger partial charge in [-0.1, -0.05) is 32.9 Å². The molecule has 3 rings (SSSR count). The van der Waals surface area contributed by atoms with Crippen molar-refractivity contribution >= 4 is 22.8 Å². The van der Waals surface area contributed by atoms with E-state index in [0.29, 0.717) is 5.92 Å². The number of benzene rings is 1. The maximum atomic E-state index is 4.65. The van der Waals surface area contributed by atoms with E-state index in [1.165, 1.54) is 16.5 Å². The molecule has 1 unspecified atom stereocenters. The molecule has 0 bridgehead atoms. The van der Waals surface area contributed by atoms with Crippen LogP contribution in [-0.2, 0) is 5.41 Å². The molecule has 1 aliphatic rings. The van der Waals surface area contributed by atoms with E-state index < -0.39 is 0 Å². The molecule has 0 saturated carbocycles. The molecule has 1 aliphatic heterocycles. The summed E-state index contributed by atoms with van der Waals surface area (Å²) in [6.45, 7) is 8.91. The summed E-state index contributed by atoms with van der Waals surface area (Å²) in [5.74, 6) is 0.451. The highest BCUT2D eigenvalue weighted by molar-refractivity contribution is 5.95.